The second-order valence-corrected chi connectivity index (χ2v) is 6.69. The standard InChI is InChI=1S/C13H18N2O4S/c1-3-15-11-8-10(20(17,18)7-6-14)4-5-12(11)19-9(2)13(15)16/h4-5,8-9H,3,6-7,14H2,1-2H3. The fourth-order valence-corrected chi connectivity index (χ4v) is 3.29. The summed E-state index contributed by atoms with van der Waals surface area (Å²) in [5.74, 6) is 0.224. The molecule has 1 heterocycles. The van der Waals surface area contributed by atoms with E-state index in [9.17, 15) is 13.2 Å². The van der Waals surface area contributed by atoms with E-state index in [0.29, 0.717) is 18.0 Å². The van der Waals surface area contributed by atoms with Gasteiger partial charge in [0.15, 0.2) is 15.9 Å². The molecule has 1 aliphatic heterocycles. The first-order chi connectivity index (χ1) is 9.40. The number of nitrogens with two attached hydrogens (primary N) is 1. The van der Waals surface area contributed by atoms with Crippen molar-refractivity contribution >= 4 is 21.4 Å². The predicted octanol–water partition coefficient (Wildman–Crippen LogP) is 0.553. The molecule has 6 nitrogen and oxygen atoms in total. The van der Waals surface area contributed by atoms with E-state index in [-0.39, 0.29) is 23.1 Å². The Morgan fingerprint density at radius 2 is 2.10 bits per heavy atom. The van der Waals surface area contributed by atoms with Crippen LogP contribution in [0.3, 0.4) is 0 Å². The third-order valence-corrected chi connectivity index (χ3v) is 4.95. The summed E-state index contributed by atoms with van der Waals surface area (Å²) in [6, 6.07) is 4.55. The molecular formula is C13H18N2O4S. The van der Waals surface area contributed by atoms with Crippen LogP contribution in [-0.2, 0) is 14.6 Å². The zero-order chi connectivity index (χ0) is 14.9. The number of likely N-dealkylation sites (N-methyl/N-ethyl adjacent to an activating group) is 1. The minimum Gasteiger partial charge on any atom is -0.479 e. The molecule has 1 aliphatic rings. The average Bonchev–Trinajstić information content (AvgIpc) is 2.39. The van der Waals surface area contributed by atoms with Gasteiger partial charge in [0, 0.05) is 13.1 Å². The fraction of sp³-hybridized carbons (Fsp3) is 0.462. The third kappa shape index (κ3) is 2.51. The molecule has 0 saturated carbocycles. The van der Waals surface area contributed by atoms with E-state index in [1.165, 1.54) is 17.0 Å². The first kappa shape index (κ1) is 14.8. The van der Waals surface area contributed by atoms with Gasteiger partial charge < -0.3 is 15.4 Å². The van der Waals surface area contributed by atoms with Crippen LogP contribution in [0.4, 0.5) is 5.69 Å². The summed E-state index contributed by atoms with van der Waals surface area (Å²) in [4.78, 5) is 13.7. The number of fused-ring (bicyclic) bond motifs is 1. The number of sulfone groups is 1. The molecule has 0 aromatic heterocycles. The lowest BCUT2D eigenvalue weighted by Crippen LogP contribution is -2.44. The van der Waals surface area contributed by atoms with Crippen molar-refractivity contribution in [2.75, 3.05) is 23.7 Å². The van der Waals surface area contributed by atoms with E-state index in [1.54, 1.807) is 13.0 Å². The van der Waals surface area contributed by atoms with Crippen molar-refractivity contribution in [1.29, 1.82) is 0 Å². The van der Waals surface area contributed by atoms with Gasteiger partial charge in [0.1, 0.15) is 5.75 Å². The lowest BCUT2D eigenvalue weighted by molar-refractivity contribution is -0.125. The second kappa shape index (κ2) is 5.41. The van der Waals surface area contributed by atoms with Crippen molar-refractivity contribution < 1.29 is 17.9 Å². The Kier molecular flexibility index (Phi) is 4.01. The Morgan fingerprint density at radius 3 is 2.70 bits per heavy atom. The molecule has 1 unspecified atom stereocenters. The monoisotopic (exact) mass is 298 g/mol. The van der Waals surface area contributed by atoms with Crippen molar-refractivity contribution in [2.24, 2.45) is 5.73 Å². The molecular weight excluding hydrogens is 280 g/mol. The molecule has 1 atom stereocenters. The predicted molar refractivity (Wildman–Crippen MR) is 75.7 cm³/mol. The second-order valence-electron chi connectivity index (χ2n) is 4.58. The Hall–Kier alpha value is -1.60. The van der Waals surface area contributed by atoms with Crippen LogP contribution in [0.25, 0.3) is 0 Å². The van der Waals surface area contributed by atoms with E-state index < -0.39 is 15.9 Å². The number of hydrogen-bond donors (Lipinski definition) is 1. The number of ether oxygens (including phenoxy) is 1. The van der Waals surface area contributed by atoms with Gasteiger partial charge in [0.25, 0.3) is 5.91 Å². The van der Waals surface area contributed by atoms with Crippen molar-refractivity contribution in [2.45, 2.75) is 24.8 Å². The number of hydrogen-bond acceptors (Lipinski definition) is 5. The van der Waals surface area contributed by atoms with Crippen LogP contribution in [0.1, 0.15) is 13.8 Å². The molecule has 0 fully saturated rings. The molecule has 2 N–H and O–H groups in total. The summed E-state index contributed by atoms with van der Waals surface area (Å²) in [6.07, 6.45) is -0.561. The first-order valence-electron chi connectivity index (χ1n) is 6.45. The SMILES string of the molecule is CCN1C(=O)C(C)Oc2ccc(S(=O)(=O)CCN)cc21. The molecule has 7 heteroatoms. The highest BCUT2D eigenvalue weighted by molar-refractivity contribution is 7.91. The van der Waals surface area contributed by atoms with Gasteiger partial charge in [-0.3, -0.25) is 4.79 Å². The first-order valence-corrected chi connectivity index (χ1v) is 8.11. The molecule has 0 radical (unpaired) electrons. The van der Waals surface area contributed by atoms with Crippen LogP contribution in [-0.4, -0.2) is 39.3 Å². The van der Waals surface area contributed by atoms with Crippen molar-refractivity contribution in [1.82, 2.24) is 0 Å². The molecule has 0 bridgehead atoms. The van der Waals surface area contributed by atoms with Gasteiger partial charge in [-0.1, -0.05) is 0 Å². The zero-order valence-corrected chi connectivity index (χ0v) is 12.3. The topological polar surface area (TPSA) is 89.7 Å². The maximum absolute atomic E-state index is 12.0. The number of amides is 1. The Morgan fingerprint density at radius 1 is 1.40 bits per heavy atom. The zero-order valence-electron chi connectivity index (χ0n) is 11.5. The van der Waals surface area contributed by atoms with E-state index >= 15 is 0 Å². The summed E-state index contributed by atoms with van der Waals surface area (Å²) in [7, 11) is -3.42. The van der Waals surface area contributed by atoms with Gasteiger partial charge in [-0.05, 0) is 32.0 Å². The van der Waals surface area contributed by atoms with Crippen molar-refractivity contribution in [3.63, 3.8) is 0 Å². The van der Waals surface area contributed by atoms with Crippen LogP contribution in [0, 0.1) is 0 Å². The third-order valence-electron chi connectivity index (χ3n) is 3.20. The number of anilines is 1. The molecule has 1 amide bonds. The largest absolute Gasteiger partial charge is 0.479 e. The maximum Gasteiger partial charge on any atom is 0.267 e. The minimum atomic E-state index is -3.42. The Labute approximate surface area is 118 Å². The molecule has 1 aromatic rings. The van der Waals surface area contributed by atoms with Crippen LogP contribution in [0.5, 0.6) is 5.75 Å². The van der Waals surface area contributed by atoms with Gasteiger partial charge in [0.05, 0.1) is 16.3 Å². The van der Waals surface area contributed by atoms with Crippen LogP contribution in [0.15, 0.2) is 23.1 Å². The summed E-state index contributed by atoms with van der Waals surface area (Å²) in [5, 5.41) is 0. The van der Waals surface area contributed by atoms with Gasteiger partial charge in [-0.15, -0.1) is 0 Å². The molecule has 20 heavy (non-hydrogen) atoms. The van der Waals surface area contributed by atoms with Crippen LogP contribution in [0.2, 0.25) is 0 Å². The van der Waals surface area contributed by atoms with Crippen molar-refractivity contribution in [3.8, 4) is 5.75 Å². The smallest absolute Gasteiger partial charge is 0.267 e. The number of nitrogens with zero attached hydrogens (tertiary/aromatic N) is 1. The van der Waals surface area contributed by atoms with Gasteiger partial charge in [0.2, 0.25) is 0 Å². The van der Waals surface area contributed by atoms with E-state index in [4.69, 9.17) is 10.5 Å². The summed E-state index contributed by atoms with van der Waals surface area (Å²) in [5.41, 5.74) is 5.81. The highest BCUT2D eigenvalue weighted by Crippen LogP contribution is 2.35. The quantitative estimate of drug-likeness (QED) is 0.877. The van der Waals surface area contributed by atoms with Gasteiger partial charge >= 0.3 is 0 Å². The van der Waals surface area contributed by atoms with Gasteiger partial charge in [-0.25, -0.2) is 8.42 Å². The van der Waals surface area contributed by atoms with Gasteiger partial charge in [-0.2, -0.15) is 0 Å². The highest BCUT2D eigenvalue weighted by atomic mass is 32.2. The lowest BCUT2D eigenvalue weighted by Gasteiger charge is -2.32. The van der Waals surface area contributed by atoms with E-state index in [2.05, 4.69) is 0 Å². The summed E-state index contributed by atoms with van der Waals surface area (Å²) >= 11 is 0. The number of carbonyl (C=O) groups excluding carboxylic acids is 1. The molecule has 0 spiro atoms. The van der Waals surface area contributed by atoms with E-state index in [0.717, 1.165) is 0 Å². The summed E-state index contributed by atoms with van der Waals surface area (Å²) in [6.45, 7) is 4.02. The highest BCUT2D eigenvalue weighted by Gasteiger charge is 2.31. The lowest BCUT2D eigenvalue weighted by atomic mass is 10.2. The average molecular weight is 298 g/mol. The summed E-state index contributed by atoms with van der Waals surface area (Å²) < 4.78 is 29.6. The molecule has 1 aromatic carbocycles. The normalized spacial score (nSPS) is 18.6. The fourth-order valence-electron chi connectivity index (χ4n) is 2.18. The van der Waals surface area contributed by atoms with Crippen LogP contribution < -0.4 is 15.4 Å². The maximum atomic E-state index is 12.0. The number of benzene rings is 1. The molecule has 110 valence electrons. The van der Waals surface area contributed by atoms with E-state index in [1.807, 2.05) is 6.92 Å². The molecule has 0 saturated heterocycles. The Bertz CT molecular complexity index is 627. The van der Waals surface area contributed by atoms with Crippen molar-refractivity contribution in [3.05, 3.63) is 18.2 Å². The number of rotatable bonds is 4. The molecule has 2 rings (SSSR count). The Balaban J connectivity index is 2.50. The minimum absolute atomic E-state index is 0.0589. The van der Waals surface area contributed by atoms with Crippen LogP contribution >= 0.6 is 0 Å². The number of carbonyl (C=O) groups is 1. The molecule has 0 aliphatic carbocycles.